The van der Waals surface area contributed by atoms with Crippen LogP contribution in [0.2, 0.25) is 0 Å². The Bertz CT molecular complexity index is 874. The molecule has 0 radical (unpaired) electrons. The van der Waals surface area contributed by atoms with Crippen molar-refractivity contribution in [3.8, 4) is 0 Å². The number of hydrogen-bond donors (Lipinski definition) is 2. The predicted octanol–water partition coefficient (Wildman–Crippen LogP) is 3.17. The SMILES string of the molecule is COCc1ccccc1NC(N)=NCc1cn2cc(Br)ccc2n1. The molecule has 0 bridgehead atoms. The molecule has 0 saturated heterocycles. The monoisotopic (exact) mass is 387 g/mol. The van der Waals surface area contributed by atoms with Crippen LogP contribution in [0.3, 0.4) is 0 Å². The van der Waals surface area contributed by atoms with Crippen molar-refractivity contribution in [3.05, 3.63) is 64.5 Å². The van der Waals surface area contributed by atoms with E-state index in [9.17, 15) is 0 Å². The summed E-state index contributed by atoms with van der Waals surface area (Å²) in [5.41, 5.74) is 9.63. The number of guanidine groups is 1. The first-order chi connectivity index (χ1) is 11.7. The maximum atomic E-state index is 5.99. The number of halogens is 1. The normalized spacial score (nSPS) is 11.8. The number of rotatable bonds is 5. The fourth-order valence-electron chi connectivity index (χ4n) is 2.36. The molecule has 0 fully saturated rings. The standard InChI is InChI=1S/C17H18BrN5O/c1-24-11-12-4-2-3-5-15(12)22-17(19)20-8-14-10-23-9-13(18)6-7-16(23)21-14/h2-7,9-10H,8,11H2,1H3,(H3,19,20,22). The summed E-state index contributed by atoms with van der Waals surface area (Å²) in [6.45, 7) is 0.919. The van der Waals surface area contributed by atoms with E-state index in [1.807, 2.05) is 53.2 Å². The molecule has 1 aromatic carbocycles. The quantitative estimate of drug-likeness (QED) is 0.520. The van der Waals surface area contributed by atoms with Crippen LogP contribution >= 0.6 is 15.9 Å². The fraction of sp³-hybridized carbons (Fsp3) is 0.176. The van der Waals surface area contributed by atoms with Crippen LogP contribution in [0.15, 0.2) is 58.3 Å². The molecule has 7 heteroatoms. The lowest BCUT2D eigenvalue weighted by Gasteiger charge is -2.10. The zero-order valence-corrected chi connectivity index (χ0v) is 14.8. The van der Waals surface area contributed by atoms with Gasteiger partial charge in [-0.25, -0.2) is 9.98 Å². The summed E-state index contributed by atoms with van der Waals surface area (Å²) >= 11 is 3.44. The molecule has 0 spiro atoms. The molecular formula is C17H18BrN5O. The van der Waals surface area contributed by atoms with Gasteiger partial charge in [-0.15, -0.1) is 0 Å². The van der Waals surface area contributed by atoms with Crippen LogP contribution in [0.5, 0.6) is 0 Å². The first-order valence-electron chi connectivity index (χ1n) is 7.42. The first-order valence-corrected chi connectivity index (χ1v) is 8.22. The minimum atomic E-state index is 0.344. The number of aliphatic imine (C=N–C) groups is 1. The lowest BCUT2D eigenvalue weighted by molar-refractivity contribution is 0.185. The number of ether oxygens (including phenoxy) is 1. The number of nitrogens with zero attached hydrogens (tertiary/aromatic N) is 3. The number of hydrogen-bond acceptors (Lipinski definition) is 3. The van der Waals surface area contributed by atoms with Gasteiger partial charge in [0.25, 0.3) is 0 Å². The van der Waals surface area contributed by atoms with E-state index in [-0.39, 0.29) is 0 Å². The summed E-state index contributed by atoms with van der Waals surface area (Å²) in [6, 6.07) is 11.7. The third-order valence-corrected chi connectivity index (χ3v) is 3.93. The number of aromatic nitrogens is 2. The number of methoxy groups -OCH3 is 1. The van der Waals surface area contributed by atoms with Crippen LogP contribution in [0.25, 0.3) is 5.65 Å². The van der Waals surface area contributed by atoms with Crippen molar-refractivity contribution in [3.63, 3.8) is 0 Å². The largest absolute Gasteiger partial charge is 0.380 e. The van der Waals surface area contributed by atoms with Gasteiger partial charge in [0.15, 0.2) is 5.96 Å². The molecule has 0 atom stereocenters. The second-order valence-electron chi connectivity index (χ2n) is 5.26. The number of benzene rings is 1. The van der Waals surface area contributed by atoms with E-state index in [0.717, 1.165) is 27.1 Å². The average Bonchev–Trinajstić information content (AvgIpc) is 2.97. The Morgan fingerprint density at radius 1 is 1.29 bits per heavy atom. The van der Waals surface area contributed by atoms with E-state index in [4.69, 9.17) is 10.5 Å². The summed E-state index contributed by atoms with van der Waals surface area (Å²) in [7, 11) is 1.66. The van der Waals surface area contributed by atoms with Crippen LogP contribution in [0.4, 0.5) is 5.69 Å². The van der Waals surface area contributed by atoms with Crippen LogP contribution < -0.4 is 11.1 Å². The molecule has 3 aromatic rings. The smallest absolute Gasteiger partial charge is 0.193 e. The summed E-state index contributed by atoms with van der Waals surface area (Å²) in [4.78, 5) is 8.88. The second-order valence-corrected chi connectivity index (χ2v) is 6.18. The fourth-order valence-corrected chi connectivity index (χ4v) is 2.71. The van der Waals surface area contributed by atoms with Gasteiger partial charge in [0.1, 0.15) is 5.65 Å². The number of nitrogens with two attached hydrogens (primary N) is 1. The third kappa shape index (κ3) is 3.93. The third-order valence-electron chi connectivity index (χ3n) is 3.46. The van der Waals surface area contributed by atoms with Gasteiger partial charge in [-0.05, 0) is 34.1 Å². The van der Waals surface area contributed by atoms with Crippen molar-refractivity contribution in [1.82, 2.24) is 9.38 Å². The lowest BCUT2D eigenvalue weighted by atomic mass is 10.2. The number of nitrogens with one attached hydrogen (secondary N) is 1. The summed E-state index contributed by atoms with van der Waals surface area (Å²) < 4.78 is 8.13. The first kappa shape index (κ1) is 16.5. The predicted molar refractivity (Wildman–Crippen MR) is 99.0 cm³/mol. The van der Waals surface area contributed by atoms with E-state index >= 15 is 0 Å². The molecule has 6 nitrogen and oxygen atoms in total. The highest BCUT2D eigenvalue weighted by Gasteiger charge is 2.04. The molecule has 3 rings (SSSR count). The molecule has 0 saturated carbocycles. The molecule has 2 aromatic heterocycles. The van der Waals surface area contributed by atoms with Gasteiger partial charge in [0.05, 0.1) is 18.8 Å². The van der Waals surface area contributed by atoms with E-state index in [1.165, 1.54) is 0 Å². The van der Waals surface area contributed by atoms with Gasteiger partial charge in [-0.2, -0.15) is 0 Å². The van der Waals surface area contributed by atoms with Crippen LogP contribution in [0.1, 0.15) is 11.3 Å². The maximum Gasteiger partial charge on any atom is 0.193 e. The minimum absolute atomic E-state index is 0.344. The number of imidazole rings is 1. The summed E-state index contributed by atoms with van der Waals surface area (Å²) in [5.74, 6) is 0.344. The Balaban J connectivity index is 1.71. The summed E-state index contributed by atoms with van der Waals surface area (Å²) in [5, 5.41) is 3.11. The lowest BCUT2D eigenvalue weighted by Crippen LogP contribution is -2.23. The molecule has 124 valence electrons. The van der Waals surface area contributed by atoms with Gasteiger partial charge in [-0.1, -0.05) is 18.2 Å². The highest BCUT2D eigenvalue weighted by atomic mass is 79.9. The number of pyridine rings is 1. The Hall–Kier alpha value is -2.38. The molecule has 0 amide bonds. The Labute approximate surface area is 148 Å². The van der Waals surface area contributed by atoms with Crippen molar-refractivity contribution in [1.29, 1.82) is 0 Å². The Morgan fingerprint density at radius 2 is 2.12 bits per heavy atom. The Kier molecular flexibility index (Phi) is 5.12. The van der Waals surface area contributed by atoms with Crippen molar-refractivity contribution in [2.24, 2.45) is 10.7 Å². The van der Waals surface area contributed by atoms with E-state index in [1.54, 1.807) is 7.11 Å². The topological polar surface area (TPSA) is 76.9 Å². The Morgan fingerprint density at radius 3 is 2.96 bits per heavy atom. The number of para-hydroxylation sites is 1. The zero-order chi connectivity index (χ0) is 16.9. The van der Waals surface area contributed by atoms with E-state index in [0.29, 0.717) is 19.1 Å². The molecule has 0 aliphatic rings. The van der Waals surface area contributed by atoms with E-state index < -0.39 is 0 Å². The van der Waals surface area contributed by atoms with Gasteiger partial charge in [-0.3, -0.25) is 0 Å². The average molecular weight is 388 g/mol. The molecule has 2 heterocycles. The minimum Gasteiger partial charge on any atom is -0.380 e. The van der Waals surface area contributed by atoms with Crippen molar-refractivity contribution in [2.75, 3.05) is 12.4 Å². The van der Waals surface area contributed by atoms with Crippen LogP contribution in [-0.2, 0) is 17.9 Å². The number of anilines is 1. The van der Waals surface area contributed by atoms with Gasteiger partial charge in [0.2, 0.25) is 0 Å². The second kappa shape index (κ2) is 7.46. The maximum absolute atomic E-state index is 5.99. The highest BCUT2D eigenvalue weighted by Crippen LogP contribution is 2.16. The number of fused-ring (bicyclic) bond motifs is 1. The highest BCUT2D eigenvalue weighted by molar-refractivity contribution is 9.10. The van der Waals surface area contributed by atoms with E-state index in [2.05, 4.69) is 31.2 Å². The molecule has 0 unspecified atom stereocenters. The molecular weight excluding hydrogens is 370 g/mol. The zero-order valence-electron chi connectivity index (χ0n) is 13.2. The van der Waals surface area contributed by atoms with Crippen LogP contribution in [-0.4, -0.2) is 22.5 Å². The van der Waals surface area contributed by atoms with Crippen molar-refractivity contribution < 1.29 is 4.74 Å². The van der Waals surface area contributed by atoms with Crippen molar-refractivity contribution >= 4 is 33.2 Å². The molecule has 24 heavy (non-hydrogen) atoms. The molecule has 0 aliphatic heterocycles. The van der Waals surface area contributed by atoms with Gasteiger partial charge < -0.3 is 20.2 Å². The van der Waals surface area contributed by atoms with Crippen molar-refractivity contribution in [2.45, 2.75) is 13.2 Å². The van der Waals surface area contributed by atoms with Crippen LogP contribution in [0, 0.1) is 0 Å². The molecule has 0 aliphatic carbocycles. The summed E-state index contributed by atoms with van der Waals surface area (Å²) in [6.07, 6.45) is 3.90. The van der Waals surface area contributed by atoms with Gasteiger partial charge >= 0.3 is 0 Å². The molecule has 3 N–H and O–H groups in total. The van der Waals surface area contributed by atoms with Gasteiger partial charge in [0, 0.05) is 35.2 Å².